The summed E-state index contributed by atoms with van der Waals surface area (Å²) in [6.07, 6.45) is 1.05. The number of carbonyl (C=O) groups excluding carboxylic acids is 1. The van der Waals surface area contributed by atoms with Gasteiger partial charge in [-0.15, -0.1) is 0 Å². The van der Waals surface area contributed by atoms with Crippen LogP contribution in [0.3, 0.4) is 0 Å². The Morgan fingerprint density at radius 2 is 1.95 bits per heavy atom. The third-order valence-corrected chi connectivity index (χ3v) is 6.21. The Kier molecular flexibility index (Phi) is 5.09. The average molecular weight is 349 g/mol. The maximum atomic E-state index is 14.0. The van der Waals surface area contributed by atoms with Crippen LogP contribution in [0.4, 0.5) is 4.39 Å². The van der Waals surface area contributed by atoms with Crippen molar-refractivity contribution in [1.82, 2.24) is 9.21 Å². The first kappa shape index (κ1) is 17.2. The van der Waals surface area contributed by atoms with Gasteiger partial charge in [0.05, 0.1) is 5.02 Å². The molecule has 1 aromatic rings. The molecule has 122 valence electrons. The molecule has 1 aromatic carbocycles. The van der Waals surface area contributed by atoms with E-state index in [-0.39, 0.29) is 30.1 Å². The molecular weight excluding hydrogens is 331 g/mol. The molecule has 0 unspecified atom stereocenters. The van der Waals surface area contributed by atoms with Gasteiger partial charge in [0.15, 0.2) is 5.82 Å². The lowest BCUT2D eigenvalue weighted by Gasteiger charge is -2.35. The summed E-state index contributed by atoms with van der Waals surface area (Å²) in [4.78, 5) is 12.6. The van der Waals surface area contributed by atoms with Crippen LogP contribution in [-0.4, -0.2) is 49.7 Å². The maximum Gasteiger partial charge on any atom is 0.246 e. The van der Waals surface area contributed by atoms with Gasteiger partial charge in [-0.25, -0.2) is 12.8 Å². The van der Waals surface area contributed by atoms with Crippen LogP contribution in [-0.2, 0) is 14.8 Å². The molecule has 0 spiro atoms. The number of benzene rings is 1. The van der Waals surface area contributed by atoms with Gasteiger partial charge in [0, 0.05) is 33.1 Å². The minimum Gasteiger partial charge on any atom is -0.343 e. The third kappa shape index (κ3) is 3.26. The van der Waals surface area contributed by atoms with Crippen LogP contribution in [0, 0.1) is 5.82 Å². The monoisotopic (exact) mass is 348 g/mol. The van der Waals surface area contributed by atoms with Gasteiger partial charge in [0.25, 0.3) is 0 Å². The number of carbonyl (C=O) groups is 1. The maximum absolute atomic E-state index is 14.0. The number of sulfonamides is 1. The number of rotatable bonds is 3. The highest BCUT2D eigenvalue weighted by Crippen LogP contribution is 2.27. The standard InChI is InChI=1S/C14H18ClFN2O3S/c1-10(19)17(2)11-6-8-18(9-7-11)22(20,21)13-5-3-4-12(15)14(13)16/h3-5,11H,6-9H2,1-2H3. The molecule has 22 heavy (non-hydrogen) atoms. The largest absolute Gasteiger partial charge is 0.343 e. The molecule has 0 radical (unpaired) electrons. The first-order chi connectivity index (χ1) is 10.2. The minimum absolute atomic E-state index is 0.00755. The second-order valence-electron chi connectivity index (χ2n) is 5.32. The van der Waals surface area contributed by atoms with E-state index in [9.17, 15) is 17.6 Å². The number of nitrogens with zero attached hydrogens (tertiary/aromatic N) is 2. The molecule has 5 nitrogen and oxygen atoms in total. The summed E-state index contributed by atoms with van der Waals surface area (Å²) < 4.78 is 40.2. The van der Waals surface area contributed by atoms with E-state index in [0.29, 0.717) is 12.8 Å². The van der Waals surface area contributed by atoms with E-state index in [4.69, 9.17) is 11.6 Å². The van der Waals surface area contributed by atoms with Gasteiger partial charge < -0.3 is 4.90 Å². The highest BCUT2D eigenvalue weighted by Gasteiger charge is 2.33. The Morgan fingerprint density at radius 1 is 1.36 bits per heavy atom. The van der Waals surface area contributed by atoms with Crippen molar-refractivity contribution in [3.05, 3.63) is 29.0 Å². The molecule has 0 atom stereocenters. The van der Waals surface area contributed by atoms with Gasteiger partial charge in [-0.05, 0) is 25.0 Å². The molecule has 1 fully saturated rings. The lowest BCUT2D eigenvalue weighted by Crippen LogP contribution is -2.46. The molecule has 1 amide bonds. The zero-order valence-electron chi connectivity index (χ0n) is 12.4. The Balaban J connectivity index is 2.16. The van der Waals surface area contributed by atoms with E-state index >= 15 is 0 Å². The summed E-state index contributed by atoms with van der Waals surface area (Å²) in [6, 6.07) is 3.94. The van der Waals surface area contributed by atoms with Crippen LogP contribution >= 0.6 is 11.6 Å². The summed E-state index contributed by atoms with van der Waals surface area (Å²) in [5.41, 5.74) is 0. The van der Waals surface area contributed by atoms with Crippen LogP contribution < -0.4 is 0 Å². The van der Waals surface area contributed by atoms with E-state index in [1.807, 2.05) is 0 Å². The van der Waals surface area contributed by atoms with Crippen molar-refractivity contribution in [1.29, 1.82) is 0 Å². The first-order valence-corrected chi connectivity index (χ1v) is 8.74. The van der Waals surface area contributed by atoms with Gasteiger partial charge in [0.1, 0.15) is 4.90 Å². The molecule has 0 saturated carbocycles. The van der Waals surface area contributed by atoms with E-state index in [1.165, 1.54) is 29.4 Å². The van der Waals surface area contributed by atoms with E-state index in [0.717, 1.165) is 0 Å². The fraction of sp³-hybridized carbons (Fsp3) is 0.500. The molecule has 1 saturated heterocycles. The van der Waals surface area contributed by atoms with Gasteiger partial charge >= 0.3 is 0 Å². The fourth-order valence-electron chi connectivity index (χ4n) is 2.55. The second kappa shape index (κ2) is 6.52. The average Bonchev–Trinajstić information content (AvgIpc) is 2.49. The van der Waals surface area contributed by atoms with Crippen molar-refractivity contribution in [2.45, 2.75) is 30.7 Å². The fourth-order valence-corrected chi connectivity index (χ4v) is 4.34. The predicted octanol–water partition coefficient (Wildman–Crippen LogP) is 2.11. The van der Waals surface area contributed by atoms with Crippen molar-refractivity contribution in [2.75, 3.05) is 20.1 Å². The highest BCUT2D eigenvalue weighted by atomic mass is 35.5. The van der Waals surface area contributed by atoms with Crippen LogP contribution in [0.2, 0.25) is 5.02 Å². The van der Waals surface area contributed by atoms with Gasteiger partial charge in [-0.1, -0.05) is 17.7 Å². The van der Waals surface area contributed by atoms with Gasteiger partial charge in [-0.3, -0.25) is 4.79 Å². The quantitative estimate of drug-likeness (QED) is 0.840. The second-order valence-corrected chi connectivity index (χ2v) is 7.63. The lowest BCUT2D eigenvalue weighted by atomic mass is 10.1. The SMILES string of the molecule is CC(=O)N(C)C1CCN(S(=O)(=O)c2cccc(Cl)c2F)CC1. The number of halogens is 2. The molecule has 0 aliphatic carbocycles. The van der Waals surface area contributed by atoms with E-state index < -0.39 is 20.7 Å². The van der Waals surface area contributed by atoms with Crippen LogP contribution in [0.25, 0.3) is 0 Å². The Hall–Kier alpha value is -1.18. The molecule has 0 bridgehead atoms. The molecule has 1 heterocycles. The number of hydrogen-bond acceptors (Lipinski definition) is 3. The van der Waals surface area contributed by atoms with Crippen LogP contribution in [0.5, 0.6) is 0 Å². The molecule has 1 aliphatic rings. The van der Waals surface area contributed by atoms with Crippen molar-refractivity contribution in [2.24, 2.45) is 0 Å². The molecule has 2 rings (SSSR count). The number of piperidine rings is 1. The summed E-state index contributed by atoms with van der Waals surface area (Å²) >= 11 is 5.66. The highest BCUT2D eigenvalue weighted by molar-refractivity contribution is 7.89. The molecule has 0 N–H and O–H groups in total. The van der Waals surface area contributed by atoms with Gasteiger partial charge in [0.2, 0.25) is 15.9 Å². The Morgan fingerprint density at radius 3 is 2.50 bits per heavy atom. The van der Waals surface area contributed by atoms with Crippen molar-refractivity contribution in [3.63, 3.8) is 0 Å². The normalized spacial score (nSPS) is 17.5. The topological polar surface area (TPSA) is 57.7 Å². The lowest BCUT2D eigenvalue weighted by molar-refractivity contribution is -0.130. The van der Waals surface area contributed by atoms with Gasteiger partial charge in [-0.2, -0.15) is 4.31 Å². The molecule has 8 heteroatoms. The predicted molar refractivity (Wildman–Crippen MR) is 81.6 cm³/mol. The summed E-state index contributed by atoms with van der Waals surface area (Å²) in [5.74, 6) is -0.977. The van der Waals surface area contributed by atoms with Crippen molar-refractivity contribution in [3.8, 4) is 0 Å². The molecular formula is C14H18ClFN2O3S. The Bertz CT molecular complexity index is 673. The zero-order chi connectivity index (χ0) is 16.5. The first-order valence-electron chi connectivity index (χ1n) is 6.92. The summed E-state index contributed by atoms with van der Waals surface area (Å²) in [6.45, 7) is 1.97. The number of amides is 1. The minimum atomic E-state index is -3.91. The zero-order valence-corrected chi connectivity index (χ0v) is 14.0. The van der Waals surface area contributed by atoms with Crippen molar-refractivity contribution >= 4 is 27.5 Å². The van der Waals surface area contributed by atoms with Crippen LogP contribution in [0.15, 0.2) is 23.1 Å². The van der Waals surface area contributed by atoms with E-state index in [2.05, 4.69) is 0 Å². The molecule has 0 aromatic heterocycles. The summed E-state index contributed by atoms with van der Waals surface area (Å²) in [7, 11) is -2.21. The number of hydrogen-bond donors (Lipinski definition) is 0. The van der Waals surface area contributed by atoms with Crippen molar-refractivity contribution < 1.29 is 17.6 Å². The smallest absolute Gasteiger partial charge is 0.246 e. The third-order valence-electron chi connectivity index (χ3n) is 4.00. The molecule has 1 aliphatic heterocycles. The van der Waals surface area contributed by atoms with Crippen LogP contribution in [0.1, 0.15) is 19.8 Å². The summed E-state index contributed by atoms with van der Waals surface area (Å²) in [5, 5.41) is -0.215. The van der Waals surface area contributed by atoms with E-state index in [1.54, 1.807) is 11.9 Å². The Labute approximate surface area is 134 Å².